The number of hydrogen-bond donors (Lipinski definition) is 0. The van der Waals surface area contributed by atoms with E-state index in [0.29, 0.717) is 29.2 Å². The van der Waals surface area contributed by atoms with E-state index < -0.39 is 10.9 Å². The maximum Gasteiger partial charge on any atom is 0.363 e. The summed E-state index contributed by atoms with van der Waals surface area (Å²) in [4.78, 5) is 26.7. The highest BCUT2D eigenvalue weighted by Crippen LogP contribution is 2.35. The maximum absolute atomic E-state index is 12.2. The quantitative estimate of drug-likeness (QED) is 0.133. The van der Waals surface area contributed by atoms with E-state index in [1.165, 1.54) is 31.4 Å². The van der Waals surface area contributed by atoms with Crippen molar-refractivity contribution in [1.29, 1.82) is 0 Å². The topological polar surface area (TPSA) is 100 Å². The lowest BCUT2D eigenvalue weighted by Gasteiger charge is -2.13. The van der Waals surface area contributed by atoms with Gasteiger partial charge in [0.25, 0.3) is 5.69 Å². The number of carbonyl (C=O) groups excluding carboxylic acids is 1. The molecule has 8 nitrogen and oxygen atoms in total. The Labute approximate surface area is 186 Å². The van der Waals surface area contributed by atoms with Gasteiger partial charge in [0.2, 0.25) is 5.90 Å². The van der Waals surface area contributed by atoms with Crippen LogP contribution in [0.5, 0.6) is 11.5 Å². The van der Waals surface area contributed by atoms with Gasteiger partial charge in [-0.05, 0) is 71.0 Å². The van der Waals surface area contributed by atoms with Crippen molar-refractivity contribution in [3.05, 3.63) is 79.1 Å². The van der Waals surface area contributed by atoms with E-state index in [1.54, 1.807) is 12.1 Å². The minimum absolute atomic E-state index is 0.0601. The summed E-state index contributed by atoms with van der Waals surface area (Å²) in [5.41, 5.74) is 2.07. The molecule has 2 aromatic carbocycles. The van der Waals surface area contributed by atoms with E-state index >= 15 is 0 Å². The van der Waals surface area contributed by atoms with Crippen molar-refractivity contribution in [2.24, 2.45) is 4.99 Å². The number of methoxy groups -OCH3 is 1. The summed E-state index contributed by atoms with van der Waals surface area (Å²) in [6.45, 7) is 6.05. The molecule has 0 saturated heterocycles. The Morgan fingerprint density at radius 2 is 2.03 bits per heavy atom. The maximum atomic E-state index is 12.2. The Bertz CT molecular complexity index is 1090. The average Bonchev–Trinajstić information content (AvgIpc) is 3.07. The normalized spacial score (nSPS) is 14.3. The van der Waals surface area contributed by atoms with Crippen LogP contribution >= 0.6 is 22.6 Å². The van der Waals surface area contributed by atoms with Crippen LogP contribution < -0.4 is 9.47 Å². The van der Waals surface area contributed by atoms with E-state index in [0.717, 1.165) is 9.14 Å². The highest BCUT2D eigenvalue weighted by molar-refractivity contribution is 14.1. The van der Waals surface area contributed by atoms with Gasteiger partial charge in [0.1, 0.15) is 6.61 Å². The molecule has 0 bridgehead atoms. The zero-order valence-corrected chi connectivity index (χ0v) is 18.3. The van der Waals surface area contributed by atoms with Gasteiger partial charge in [-0.3, -0.25) is 10.1 Å². The van der Waals surface area contributed by atoms with Crippen molar-refractivity contribution in [3.8, 4) is 11.5 Å². The zero-order chi connectivity index (χ0) is 21.8. The molecule has 2 aromatic rings. The summed E-state index contributed by atoms with van der Waals surface area (Å²) in [7, 11) is 1.53. The number of esters is 1. The first-order chi connectivity index (χ1) is 14.3. The number of benzene rings is 2. The van der Waals surface area contributed by atoms with Crippen molar-refractivity contribution >= 4 is 46.2 Å². The van der Waals surface area contributed by atoms with E-state index in [9.17, 15) is 14.9 Å². The lowest BCUT2D eigenvalue weighted by molar-refractivity contribution is -0.384. The van der Waals surface area contributed by atoms with Crippen LogP contribution in [0, 0.1) is 13.7 Å². The first-order valence-electron chi connectivity index (χ1n) is 8.70. The van der Waals surface area contributed by atoms with Gasteiger partial charge in [-0.1, -0.05) is 6.58 Å². The van der Waals surface area contributed by atoms with E-state index in [4.69, 9.17) is 14.2 Å². The van der Waals surface area contributed by atoms with Crippen LogP contribution in [0.2, 0.25) is 0 Å². The monoisotopic (exact) mass is 520 g/mol. The van der Waals surface area contributed by atoms with Crippen LogP contribution in [0.3, 0.4) is 0 Å². The SMILES string of the molecule is C=C(C)COc1c(I)cc(/C=C2\N=C(c3ccc([N+](=O)[O-])cc3)OC2=O)cc1OC. The summed E-state index contributed by atoms with van der Waals surface area (Å²) in [5, 5.41) is 10.8. The number of nitro benzene ring substituents is 1. The Morgan fingerprint density at radius 3 is 2.63 bits per heavy atom. The van der Waals surface area contributed by atoms with Gasteiger partial charge in [-0.2, -0.15) is 0 Å². The predicted octanol–water partition coefficient (Wildman–Crippen LogP) is 4.51. The van der Waals surface area contributed by atoms with Gasteiger partial charge >= 0.3 is 5.97 Å². The number of non-ortho nitro benzene ring substituents is 1. The highest BCUT2D eigenvalue weighted by Gasteiger charge is 2.25. The third-order valence-electron chi connectivity index (χ3n) is 3.96. The molecule has 0 atom stereocenters. The summed E-state index contributed by atoms with van der Waals surface area (Å²) < 4.78 is 17.2. The number of hydrogen-bond acceptors (Lipinski definition) is 7. The summed E-state index contributed by atoms with van der Waals surface area (Å²) >= 11 is 2.12. The first kappa shape index (κ1) is 21.5. The van der Waals surface area contributed by atoms with Gasteiger partial charge < -0.3 is 14.2 Å². The number of ether oxygens (including phenoxy) is 3. The minimum Gasteiger partial charge on any atom is -0.493 e. The van der Waals surface area contributed by atoms with Crippen molar-refractivity contribution in [3.63, 3.8) is 0 Å². The van der Waals surface area contributed by atoms with Gasteiger partial charge in [0.05, 0.1) is 15.6 Å². The lowest BCUT2D eigenvalue weighted by Crippen LogP contribution is -2.05. The van der Waals surface area contributed by atoms with Crippen LogP contribution in [-0.2, 0) is 9.53 Å². The minimum atomic E-state index is -0.611. The van der Waals surface area contributed by atoms with Crippen LogP contribution in [0.4, 0.5) is 5.69 Å². The van der Waals surface area contributed by atoms with Crippen molar-refractivity contribution in [2.45, 2.75) is 6.92 Å². The number of rotatable bonds is 7. The molecular weight excluding hydrogens is 503 g/mol. The third kappa shape index (κ3) is 4.85. The molecule has 3 rings (SSSR count). The molecule has 0 radical (unpaired) electrons. The molecule has 0 aromatic heterocycles. The molecule has 0 N–H and O–H groups in total. The Morgan fingerprint density at radius 1 is 1.33 bits per heavy atom. The summed E-state index contributed by atoms with van der Waals surface area (Å²) in [6.07, 6.45) is 1.58. The van der Waals surface area contributed by atoms with Crippen molar-refractivity contribution in [1.82, 2.24) is 0 Å². The van der Waals surface area contributed by atoms with Crippen LogP contribution in [0.25, 0.3) is 6.08 Å². The fourth-order valence-corrected chi connectivity index (χ4v) is 3.36. The second kappa shape index (κ2) is 9.08. The molecule has 0 unspecified atom stereocenters. The number of nitrogens with zero attached hydrogens (tertiary/aromatic N) is 2. The first-order valence-corrected chi connectivity index (χ1v) is 9.78. The van der Waals surface area contributed by atoms with Gasteiger partial charge in [-0.15, -0.1) is 0 Å². The largest absolute Gasteiger partial charge is 0.493 e. The molecule has 30 heavy (non-hydrogen) atoms. The molecule has 0 saturated carbocycles. The van der Waals surface area contributed by atoms with E-state index in [1.807, 2.05) is 13.0 Å². The second-order valence-corrected chi connectivity index (χ2v) is 7.58. The summed E-state index contributed by atoms with van der Waals surface area (Å²) in [6, 6.07) is 9.17. The van der Waals surface area contributed by atoms with Crippen LogP contribution in [0.1, 0.15) is 18.1 Å². The molecule has 1 aliphatic heterocycles. The molecule has 0 aliphatic carbocycles. The number of cyclic esters (lactones) is 1. The zero-order valence-electron chi connectivity index (χ0n) is 16.2. The van der Waals surface area contributed by atoms with Crippen molar-refractivity contribution in [2.75, 3.05) is 13.7 Å². The molecule has 1 heterocycles. The fourth-order valence-electron chi connectivity index (χ4n) is 2.57. The molecule has 0 amide bonds. The van der Waals surface area contributed by atoms with E-state index in [2.05, 4.69) is 34.2 Å². The molecule has 154 valence electrons. The number of halogens is 1. The fraction of sp³-hybridized carbons (Fsp3) is 0.143. The molecular formula is C21H17IN2O6. The summed E-state index contributed by atoms with van der Waals surface area (Å²) in [5.74, 6) is 0.581. The lowest BCUT2D eigenvalue weighted by atomic mass is 10.1. The van der Waals surface area contributed by atoms with Gasteiger partial charge in [-0.25, -0.2) is 9.79 Å². The Hall–Kier alpha value is -3.21. The third-order valence-corrected chi connectivity index (χ3v) is 4.76. The smallest absolute Gasteiger partial charge is 0.363 e. The number of nitro groups is 1. The number of carbonyl (C=O) groups is 1. The molecule has 0 fully saturated rings. The second-order valence-electron chi connectivity index (χ2n) is 6.42. The van der Waals surface area contributed by atoms with Crippen LogP contribution in [-0.4, -0.2) is 30.5 Å². The average molecular weight is 520 g/mol. The highest BCUT2D eigenvalue weighted by atomic mass is 127. The van der Waals surface area contributed by atoms with Gasteiger partial charge in [0.15, 0.2) is 17.2 Å². The van der Waals surface area contributed by atoms with Crippen LogP contribution in [0.15, 0.2) is 59.2 Å². The number of aliphatic imine (C=N–C) groups is 1. The van der Waals surface area contributed by atoms with E-state index in [-0.39, 0.29) is 17.3 Å². The van der Waals surface area contributed by atoms with Crippen molar-refractivity contribution < 1.29 is 23.9 Å². The predicted molar refractivity (Wildman–Crippen MR) is 120 cm³/mol. The standard InChI is InChI=1S/C21H17IN2O6/c1-12(2)11-29-19-16(22)8-13(10-18(19)28-3)9-17-21(25)30-20(23-17)14-4-6-15(7-5-14)24(26)27/h4-10H,1,11H2,2-3H3/b17-9-. The molecule has 1 aliphatic rings. The molecule has 9 heteroatoms. The van der Waals surface area contributed by atoms with Gasteiger partial charge in [0, 0.05) is 17.7 Å². The molecule has 0 spiro atoms. The Balaban J connectivity index is 1.90. The Kier molecular flexibility index (Phi) is 6.50.